The fourth-order valence-corrected chi connectivity index (χ4v) is 2.41. The molecule has 1 heterocycles. The standard InChI is InChI=1S/C20H20N2O2/c1-15-7-9-17(10-8-15)20(23)22-18-5-2-4-16(12-18)13-21-14-19-6-3-11-24-19/h2-12,21H,13-14H2,1H3,(H,22,23). The van der Waals surface area contributed by atoms with Crippen molar-refractivity contribution in [2.24, 2.45) is 0 Å². The summed E-state index contributed by atoms with van der Waals surface area (Å²) in [6.07, 6.45) is 1.66. The molecule has 0 aliphatic heterocycles. The van der Waals surface area contributed by atoms with Crippen LogP contribution in [0.15, 0.2) is 71.3 Å². The van der Waals surface area contributed by atoms with E-state index in [-0.39, 0.29) is 5.91 Å². The zero-order valence-electron chi connectivity index (χ0n) is 13.6. The monoisotopic (exact) mass is 320 g/mol. The van der Waals surface area contributed by atoms with Crippen LogP contribution in [0.1, 0.15) is 27.2 Å². The number of rotatable bonds is 6. The van der Waals surface area contributed by atoms with Crippen LogP contribution < -0.4 is 10.6 Å². The van der Waals surface area contributed by atoms with E-state index in [1.54, 1.807) is 6.26 Å². The molecule has 2 N–H and O–H groups in total. The number of furan rings is 1. The van der Waals surface area contributed by atoms with Gasteiger partial charge in [0.2, 0.25) is 0 Å². The van der Waals surface area contributed by atoms with Gasteiger partial charge in [0.1, 0.15) is 5.76 Å². The van der Waals surface area contributed by atoms with Gasteiger partial charge in [0.25, 0.3) is 5.91 Å². The predicted molar refractivity (Wildman–Crippen MR) is 94.8 cm³/mol. The number of hydrogen-bond donors (Lipinski definition) is 2. The Bertz CT molecular complexity index is 793. The molecule has 0 unspecified atom stereocenters. The third kappa shape index (κ3) is 4.33. The second kappa shape index (κ2) is 7.62. The predicted octanol–water partition coefficient (Wildman–Crippen LogP) is 4.13. The highest BCUT2D eigenvalue weighted by molar-refractivity contribution is 6.04. The summed E-state index contributed by atoms with van der Waals surface area (Å²) in [5.41, 5.74) is 3.68. The number of aryl methyl sites for hydroxylation is 1. The molecule has 122 valence electrons. The molecule has 3 rings (SSSR count). The van der Waals surface area contributed by atoms with Crippen molar-refractivity contribution >= 4 is 11.6 Å². The van der Waals surface area contributed by atoms with Gasteiger partial charge in [-0.15, -0.1) is 0 Å². The van der Waals surface area contributed by atoms with Crippen LogP contribution in [0.4, 0.5) is 5.69 Å². The first kappa shape index (κ1) is 16.0. The number of amides is 1. The molecule has 0 radical (unpaired) electrons. The summed E-state index contributed by atoms with van der Waals surface area (Å²) in [5.74, 6) is 0.800. The van der Waals surface area contributed by atoms with E-state index in [9.17, 15) is 4.79 Å². The topological polar surface area (TPSA) is 54.3 Å². The molecule has 3 aromatic rings. The van der Waals surface area contributed by atoms with Crippen molar-refractivity contribution in [3.05, 3.63) is 89.4 Å². The second-order valence-electron chi connectivity index (χ2n) is 5.70. The maximum atomic E-state index is 12.3. The molecule has 0 aliphatic rings. The number of carbonyl (C=O) groups excluding carboxylic acids is 1. The Morgan fingerprint density at radius 3 is 2.58 bits per heavy atom. The largest absolute Gasteiger partial charge is 0.468 e. The Kier molecular flexibility index (Phi) is 5.08. The van der Waals surface area contributed by atoms with Crippen LogP contribution in [0.5, 0.6) is 0 Å². The highest BCUT2D eigenvalue weighted by Gasteiger charge is 2.06. The van der Waals surface area contributed by atoms with E-state index < -0.39 is 0 Å². The molecule has 24 heavy (non-hydrogen) atoms. The van der Waals surface area contributed by atoms with Gasteiger partial charge in [0.15, 0.2) is 0 Å². The molecule has 4 heteroatoms. The molecule has 4 nitrogen and oxygen atoms in total. The van der Waals surface area contributed by atoms with E-state index >= 15 is 0 Å². The second-order valence-corrected chi connectivity index (χ2v) is 5.70. The first-order valence-corrected chi connectivity index (χ1v) is 7.91. The van der Waals surface area contributed by atoms with Gasteiger partial charge in [-0.05, 0) is 48.9 Å². The fourth-order valence-electron chi connectivity index (χ4n) is 2.41. The van der Waals surface area contributed by atoms with Crippen LogP contribution in [0.3, 0.4) is 0 Å². The lowest BCUT2D eigenvalue weighted by molar-refractivity contribution is 0.102. The van der Waals surface area contributed by atoms with Crippen molar-refractivity contribution in [1.29, 1.82) is 0 Å². The van der Waals surface area contributed by atoms with E-state index in [0.717, 1.165) is 22.6 Å². The Balaban J connectivity index is 1.58. The molecule has 0 fully saturated rings. The van der Waals surface area contributed by atoms with Gasteiger partial charge < -0.3 is 15.1 Å². The normalized spacial score (nSPS) is 10.5. The van der Waals surface area contributed by atoms with E-state index in [0.29, 0.717) is 18.7 Å². The van der Waals surface area contributed by atoms with Gasteiger partial charge in [-0.3, -0.25) is 4.79 Å². The van der Waals surface area contributed by atoms with Crippen LogP contribution in [-0.2, 0) is 13.1 Å². The minimum Gasteiger partial charge on any atom is -0.468 e. The molecule has 0 atom stereocenters. The van der Waals surface area contributed by atoms with Crippen molar-refractivity contribution in [1.82, 2.24) is 5.32 Å². The molecule has 0 bridgehead atoms. The summed E-state index contributed by atoms with van der Waals surface area (Å²) < 4.78 is 5.29. The van der Waals surface area contributed by atoms with Gasteiger partial charge in [0.05, 0.1) is 12.8 Å². The molecule has 1 aromatic heterocycles. The van der Waals surface area contributed by atoms with Crippen LogP contribution >= 0.6 is 0 Å². The third-order valence-corrected chi connectivity index (χ3v) is 3.71. The fraction of sp³-hybridized carbons (Fsp3) is 0.150. The Labute approximate surface area is 141 Å². The van der Waals surface area contributed by atoms with Gasteiger partial charge in [-0.2, -0.15) is 0 Å². The lowest BCUT2D eigenvalue weighted by atomic mass is 10.1. The highest BCUT2D eigenvalue weighted by Crippen LogP contribution is 2.13. The van der Waals surface area contributed by atoms with Crippen LogP contribution in [0.25, 0.3) is 0 Å². The van der Waals surface area contributed by atoms with Gasteiger partial charge in [-0.1, -0.05) is 29.8 Å². The van der Waals surface area contributed by atoms with E-state index in [4.69, 9.17) is 4.42 Å². The van der Waals surface area contributed by atoms with Crippen molar-refractivity contribution in [2.75, 3.05) is 5.32 Å². The molecular weight excluding hydrogens is 300 g/mol. The molecule has 1 amide bonds. The minimum absolute atomic E-state index is 0.101. The van der Waals surface area contributed by atoms with E-state index in [2.05, 4.69) is 10.6 Å². The molecule has 0 saturated heterocycles. The zero-order chi connectivity index (χ0) is 16.8. The number of nitrogens with one attached hydrogen (secondary N) is 2. The summed E-state index contributed by atoms with van der Waals surface area (Å²) >= 11 is 0. The van der Waals surface area contributed by atoms with Crippen LogP contribution in [-0.4, -0.2) is 5.91 Å². The molecular formula is C20H20N2O2. The molecule has 2 aromatic carbocycles. The maximum absolute atomic E-state index is 12.3. The van der Waals surface area contributed by atoms with Crippen LogP contribution in [0.2, 0.25) is 0 Å². The number of anilines is 1. The number of carbonyl (C=O) groups is 1. The summed E-state index contributed by atoms with van der Waals surface area (Å²) in [7, 11) is 0. The van der Waals surface area contributed by atoms with Gasteiger partial charge >= 0.3 is 0 Å². The van der Waals surface area contributed by atoms with E-state index in [1.807, 2.05) is 67.6 Å². The third-order valence-electron chi connectivity index (χ3n) is 3.71. The SMILES string of the molecule is Cc1ccc(C(=O)Nc2cccc(CNCc3ccco3)c2)cc1. The lowest BCUT2D eigenvalue weighted by Crippen LogP contribution is -2.14. The minimum atomic E-state index is -0.101. The molecule has 0 spiro atoms. The van der Waals surface area contributed by atoms with Crippen molar-refractivity contribution < 1.29 is 9.21 Å². The van der Waals surface area contributed by atoms with Crippen molar-refractivity contribution in [3.63, 3.8) is 0 Å². The van der Waals surface area contributed by atoms with E-state index in [1.165, 1.54) is 0 Å². The first-order chi connectivity index (χ1) is 11.7. The number of benzene rings is 2. The highest BCUT2D eigenvalue weighted by atomic mass is 16.3. The maximum Gasteiger partial charge on any atom is 0.255 e. The van der Waals surface area contributed by atoms with Crippen LogP contribution in [0, 0.1) is 6.92 Å². The Morgan fingerprint density at radius 1 is 1.00 bits per heavy atom. The smallest absolute Gasteiger partial charge is 0.255 e. The summed E-state index contributed by atoms with van der Waals surface area (Å²) in [6.45, 7) is 3.38. The Hall–Kier alpha value is -2.85. The van der Waals surface area contributed by atoms with Gasteiger partial charge in [0, 0.05) is 17.8 Å². The average molecular weight is 320 g/mol. The summed E-state index contributed by atoms with van der Waals surface area (Å²) in [4.78, 5) is 12.3. The summed E-state index contributed by atoms with van der Waals surface area (Å²) in [5, 5.41) is 6.25. The average Bonchev–Trinajstić information content (AvgIpc) is 3.09. The Morgan fingerprint density at radius 2 is 1.83 bits per heavy atom. The number of hydrogen-bond acceptors (Lipinski definition) is 3. The zero-order valence-corrected chi connectivity index (χ0v) is 13.6. The quantitative estimate of drug-likeness (QED) is 0.718. The summed E-state index contributed by atoms with van der Waals surface area (Å²) in [6, 6.07) is 19.2. The molecule has 0 saturated carbocycles. The molecule has 0 aliphatic carbocycles. The first-order valence-electron chi connectivity index (χ1n) is 7.91. The van der Waals surface area contributed by atoms with Crippen molar-refractivity contribution in [2.45, 2.75) is 20.0 Å². The van der Waals surface area contributed by atoms with Crippen molar-refractivity contribution in [3.8, 4) is 0 Å². The van der Waals surface area contributed by atoms with Gasteiger partial charge in [-0.25, -0.2) is 0 Å². The lowest BCUT2D eigenvalue weighted by Gasteiger charge is -2.08.